The number of nitrogens with zero attached hydrogens (tertiary/aromatic N) is 3. The van der Waals surface area contributed by atoms with E-state index in [0.29, 0.717) is 5.01 Å². The fraction of sp³-hybridized carbons (Fsp3) is 0.364. The van der Waals surface area contributed by atoms with Crippen molar-refractivity contribution in [3.63, 3.8) is 0 Å². The van der Waals surface area contributed by atoms with Crippen LogP contribution in [-0.2, 0) is 0 Å². The van der Waals surface area contributed by atoms with Gasteiger partial charge in [0.25, 0.3) is 5.91 Å². The van der Waals surface area contributed by atoms with Gasteiger partial charge < -0.3 is 4.90 Å². The van der Waals surface area contributed by atoms with Gasteiger partial charge in [0, 0.05) is 16.8 Å². The van der Waals surface area contributed by atoms with Crippen LogP contribution in [0.25, 0.3) is 0 Å². The zero-order chi connectivity index (χ0) is 13.3. The minimum absolute atomic E-state index is 0.0128. The third kappa shape index (κ3) is 2.71. The topological polar surface area (TPSA) is 46.1 Å². The van der Waals surface area contributed by atoms with Gasteiger partial charge in [0.1, 0.15) is 0 Å². The Morgan fingerprint density at radius 2 is 2.11 bits per heavy atom. The van der Waals surface area contributed by atoms with Gasteiger partial charge in [0.15, 0.2) is 0 Å². The predicted molar refractivity (Wildman–Crippen MR) is 74.5 cm³/mol. The average Bonchev–Trinajstić information content (AvgIpc) is 2.95. The molecule has 18 heavy (non-hydrogen) atoms. The zero-order valence-electron chi connectivity index (χ0n) is 10.2. The molecular formula is C11H12ClN3OS2. The van der Waals surface area contributed by atoms with E-state index in [2.05, 4.69) is 16.3 Å². The Bertz CT molecular complexity index is 566. The van der Waals surface area contributed by atoms with Crippen LogP contribution in [0.2, 0.25) is 4.47 Å². The summed E-state index contributed by atoms with van der Waals surface area (Å²) in [5.41, 5.74) is 0. The summed E-state index contributed by atoms with van der Waals surface area (Å²) in [6, 6.07) is 4.11. The maximum absolute atomic E-state index is 12.2. The van der Waals surface area contributed by atoms with Gasteiger partial charge in [-0.25, -0.2) is 0 Å². The van der Waals surface area contributed by atoms with Crippen LogP contribution in [0.3, 0.4) is 0 Å². The molecule has 0 fully saturated rings. The molecular weight excluding hydrogens is 290 g/mol. The van der Waals surface area contributed by atoms with E-state index in [4.69, 9.17) is 11.6 Å². The lowest BCUT2D eigenvalue weighted by Gasteiger charge is -2.22. The summed E-state index contributed by atoms with van der Waals surface area (Å²) in [6.07, 6.45) is 0. The van der Waals surface area contributed by atoms with Crippen LogP contribution in [0, 0.1) is 6.92 Å². The quantitative estimate of drug-likeness (QED) is 0.873. The van der Waals surface area contributed by atoms with Crippen LogP contribution in [0.4, 0.5) is 0 Å². The molecule has 2 aromatic heterocycles. The van der Waals surface area contributed by atoms with E-state index in [1.165, 1.54) is 4.88 Å². The molecule has 0 saturated heterocycles. The summed E-state index contributed by atoms with van der Waals surface area (Å²) in [4.78, 5) is 16.2. The van der Waals surface area contributed by atoms with E-state index in [-0.39, 0.29) is 16.4 Å². The van der Waals surface area contributed by atoms with Crippen molar-refractivity contribution in [1.29, 1.82) is 0 Å². The van der Waals surface area contributed by atoms with E-state index in [1.807, 2.05) is 19.9 Å². The number of carbonyl (C=O) groups is 1. The van der Waals surface area contributed by atoms with Gasteiger partial charge in [-0.05, 0) is 37.6 Å². The standard InChI is InChI=1S/C11H12ClN3OS2/c1-6-4-5-8(17-6)7(2)15(3)10(16)9-13-14-11(12)18-9/h4-5,7H,1-3H3. The number of aromatic nitrogens is 2. The lowest BCUT2D eigenvalue weighted by atomic mass is 10.2. The van der Waals surface area contributed by atoms with Gasteiger partial charge in [-0.2, -0.15) is 0 Å². The van der Waals surface area contributed by atoms with Crippen LogP contribution in [0.5, 0.6) is 0 Å². The third-order valence-electron chi connectivity index (χ3n) is 2.66. The van der Waals surface area contributed by atoms with Gasteiger partial charge in [0.05, 0.1) is 6.04 Å². The van der Waals surface area contributed by atoms with Crippen LogP contribution in [0.1, 0.15) is 32.5 Å². The van der Waals surface area contributed by atoms with Gasteiger partial charge in [-0.15, -0.1) is 21.5 Å². The molecule has 7 heteroatoms. The van der Waals surface area contributed by atoms with Crippen LogP contribution < -0.4 is 0 Å². The first-order valence-electron chi connectivity index (χ1n) is 5.31. The highest BCUT2D eigenvalue weighted by atomic mass is 35.5. The van der Waals surface area contributed by atoms with Crippen LogP contribution >= 0.6 is 34.3 Å². The number of amides is 1. The Hall–Kier alpha value is -0.980. The molecule has 0 radical (unpaired) electrons. The molecule has 1 atom stereocenters. The van der Waals surface area contributed by atoms with Gasteiger partial charge in [-0.1, -0.05) is 11.3 Å². The molecule has 2 aromatic rings. The van der Waals surface area contributed by atoms with Crippen LogP contribution in [-0.4, -0.2) is 28.1 Å². The molecule has 1 amide bonds. The first-order valence-corrected chi connectivity index (χ1v) is 7.32. The second-order valence-corrected chi connectivity index (χ2v) is 6.78. The molecule has 2 heterocycles. The highest BCUT2D eigenvalue weighted by Gasteiger charge is 2.22. The van der Waals surface area contributed by atoms with Gasteiger partial charge in [-0.3, -0.25) is 4.79 Å². The number of halogens is 1. The molecule has 1 unspecified atom stereocenters. The number of hydrogen-bond acceptors (Lipinski definition) is 5. The summed E-state index contributed by atoms with van der Waals surface area (Å²) in [7, 11) is 1.76. The Morgan fingerprint density at radius 3 is 2.61 bits per heavy atom. The summed E-state index contributed by atoms with van der Waals surface area (Å²) in [6.45, 7) is 4.04. The predicted octanol–water partition coefficient (Wildman–Crippen LogP) is 3.39. The Morgan fingerprint density at radius 1 is 1.39 bits per heavy atom. The van der Waals surface area contributed by atoms with E-state index < -0.39 is 0 Å². The average molecular weight is 302 g/mol. The first kappa shape index (κ1) is 13.5. The molecule has 0 N–H and O–H groups in total. The Kier molecular flexibility index (Phi) is 3.99. The lowest BCUT2D eigenvalue weighted by Crippen LogP contribution is -2.29. The molecule has 0 aliphatic rings. The smallest absolute Gasteiger partial charge is 0.285 e. The normalized spacial score (nSPS) is 12.4. The second kappa shape index (κ2) is 5.34. The van der Waals surface area contributed by atoms with Crippen LogP contribution in [0.15, 0.2) is 12.1 Å². The van der Waals surface area contributed by atoms with Crippen molar-refractivity contribution in [1.82, 2.24) is 15.1 Å². The highest BCUT2D eigenvalue weighted by Crippen LogP contribution is 2.28. The molecule has 0 aliphatic carbocycles. The van der Waals surface area contributed by atoms with E-state index in [1.54, 1.807) is 23.3 Å². The molecule has 96 valence electrons. The molecule has 0 aliphatic heterocycles. The van der Waals surface area contributed by atoms with E-state index in [0.717, 1.165) is 16.2 Å². The Balaban J connectivity index is 2.16. The number of thiophene rings is 1. The van der Waals surface area contributed by atoms with Crippen molar-refractivity contribution in [3.8, 4) is 0 Å². The number of hydrogen-bond donors (Lipinski definition) is 0. The van der Waals surface area contributed by atoms with Crippen molar-refractivity contribution >= 4 is 40.2 Å². The molecule has 0 spiro atoms. The fourth-order valence-corrected chi connectivity index (χ4v) is 3.27. The monoisotopic (exact) mass is 301 g/mol. The number of aryl methyl sites for hydroxylation is 1. The molecule has 4 nitrogen and oxygen atoms in total. The minimum Gasteiger partial charge on any atom is -0.332 e. The SMILES string of the molecule is Cc1ccc(C(C)N(C)C(=O)c2nnc(Cl)s2)s1. The highest BCUT2D eigenvalue weighted by molar-refractivity contribution is 7.17. The molecule has 0 saturated carbocycles. The fourth-order valence-electron chi connectivity index (χ4n) is 1.49. The third-order valence-corrected chi connectivity index (χ3v) is 4.84. The molecule has 0 bridgehead atoms. The van der Waals surface area contributed by atoms with Crippen molar-refractivity contribution in [2.24, 2.45) is 0 Å². The molecule has 2 rings (SSSR count). The summed E-state index contributed by atoms with van der Waals surface area (Å²) in [5, 5.41) is 7.73. The largest absolute Gasteiger partial charge is 0.332 e. The van der Waals surface area contributed by atoms with Crippen molar-refractivity contribution in [2.75, 3.05) is 7.05 Å². The first-order chi connectivity index (χ1) is 8.49. The van der Waals surface area contributed by atoms with Gasteiger partial charge >= 0.3 is 0 Å². The van der Waals surface area contributed by atoms with Crippen molar-refractivity contribution in [2.45, 2.75) is 19.9 Å². The minimum atomic E-state index is -0.155. The van der Waals surface area contributed by atoms with E-state index in [9.17, 15) is 4.79 Å². The second-order valence-electron chi connectivity index (χ2n) is 3.90. The van der Waals surface area contributed by atoms with Crippen molar-refractivity contribution < 1.29 is 4.79 Å². The maximum Gasteiger partial charge on any atom is 0.285 e. The lowest BCUT2D eigenvalue weighted by molar-refractivity contribution is 0.0743. The summed E-state index contributed by atoms with van der Waals surface area (Å²) in [5.74, 6) is -0.155. The number of carbonyl (C=O) groups excluding carboxylic acids is 1. The van der Waals surface area contributed by atoms with Gasteiger partial charge in [0.2, 0.25) is 9.47 Å². The van der Waals surface area contributed by atoms with E-state index >= 15 is 0 Å². The molecule has 0 aromatic carbocycles. The number of rotatable bonds is 3. The summed E-state index contributed by atoms with van der Waals surface area (Å²) < 4.78 is 0.284. The van der Waals surface area contributed by atoms with Crippen molar-refractivity contribution in [3.05, 3.63) is 31.4 Å². The maximum atomic E-state index is 12.2. The Labute approximate surface area is 118 Å². The zero-order valence-corrected chi connectivity index (χ0v) is 12.6. The summed E-state index contributed by atoms with van der Waals surface area (Å²) >= 11 is 8.47.